The van der Waals surface area contributed by atoms with E-state index in [4.69, 9.17) is 4.74 Å². The highest BCUT2D eigenvalue weighted by Gasteiger charge is 2.23. The van der Waals surface area contributed by atoms with Crippen molar-refractivity contribution in [3.63, 3.8) is 0 Å². The van der Waals surface area contributed by atoms with Gasteiger partial charge in [0, 0.05) is 6.54 Å². The van der Waals surface area contributed by atoms with E-state index in [2.05, 4.69) is 5.32 Å². The fraction of sp³-hybridized carbons (Fsp3) is 0.875. The van der Waals surface area contributed by atoms with E-state index in [0.717, 1.165) is 12.8 Å². The van der Waals surface area contributed by atoms with E-state index in [1.807, 2.05) is 6.92 Å². The van der Waals surface area contributed by atoms with Crippen molar-refractivity contribution < 1.29 is 18.3 Å². The molecule has 3 nitrogen and oxygen atoms in total. The van der Waals surface area contributed by atoms with Crippen LogP contribution in [0.15, 0.2) is 0 Å². The van der Waals surface area contributed by atoms with Crippen molar-refractivity contribution in [1.29, 1.82) is 0 Å². The Balaban J connectivity index is 2.16. The largest absolute Gasteiger partial charge is 0.373 e. The zero-order valence-corrected chi connectivity index (χ0v) is 7.43. The molecule has 1 aliphatic heterocycles. The fourth-order valence-corrected chi connectivity index (χ4v) is 1.33. The lowest BCUT2D eigenvalue weighted by Gasteiger charge is -2.11. The monoisotopic (exact) mass is 193 g/mol. The maximum absolute atomic E-state index is 11.7. The molecule has 1 rings (SSSR count). The van der Waals surface area contributed by atoms with Crippen LogP contribution >= 0.6 is 0 Å². The Hall–Kier alpha value is -0.710. The molecule has 1 saturated heterocycles. The van der Waals surface area contributed by atoms with Crippen LogP contribution in [0.25, 0.3) is 0 Å². The summed E-state index contributed by atoms with van der Waals surface area (Å²) in [6, 6.07) is 0. The van der Waals surface area contributed by atoms with Crippen LogP contribution in [0.3, 0.4) is 0 Å². The minimum atomic E-state index is -2.93. The van der Waals surface area contributed by atoms with E-state index >= 15 is 0 Å². The molecule has 0 spiro atoms. The molecule has 0 aromatic heterocycles. The number of alkyl halides is 2. The molecular formula is C8H13F2NO2. The summed E-state index contributed by atoms with van der Waals surface area (Å²) in [7, 11) is 0. The van der Waals surface area contributed by atoms with Gasteiger partial charge in [0.15, 0.2) is 0 Å². The number of hydrogen-bond donors (Lipinski definition) is 1. The number of ether oxygens (including phenoxy) is 1. The Kier molecular flexibility index (Phi) is 3.59. The molecular weight excluding hydrogens is 180 g/mol. The molecule has 0 aliphatic carbocycles. The molecule has 2 unspecified atom stereocenters. The quantitative estimate of drug-likeness (QED) is 0.724. The highest BCUT2D eigenvalue weighted by atomic mass is 19.3. The summed E-state index contributed by atoms with van der Waals surface area (Å²) in [4.78, 5) is 10.5. The minimum Gasteiger partial charge on any atom is -0.373 e. The Morgan fingerprint density at radius 3 is 2.77 bits per heavy atom. The normalized spacial score (nSPS) is 28.0. The average molecular weight is 193 g/mol. The maximum atomic E-state index is 11.7. The molecule has 0 aromatic rings. The number of amides is 1. The van der Waals surface area contributed by atoms with Crippen LogP contribution < -0.4 is 5.32 Å². The van der Waals surface area contributed by atoms with Gasteiger partial charge in [0.05, 0.1) is 12.2 Å². The SMILES string of the molecule is CC1CCC(CNC(=O)C(F)F)O1. The number of nitrogens with one attached hydrogen (secondary N) is 1. The Bertz CT molecular complexity index is 187. The van der Waals surface area contributed by atoms with E-state index in [-0.39, 0.29) is 18.8 Å². The smallest absolute Gasteiger partial charge is 0.315 e. The lowest BCUT2D eigenvalue weighted by Crippen LogP contribution is -2.35. The van der Waals surface area contributed by atoms with Crippen LogP contribution in [-0.4, -0.2) is 31.1 Å². The second kappa shape index (κ2) is 4.50. The summed E-state index contributed by atoms with van der Waals surface area (Å²) in [5.41, 5.74) is 0. The fourth-order valence-electron chi connectivity index (χ4n) is 1.33. The van der Waals surface area contributed by atoms with Gasteiger partial charge >= 0.3 is 6.43 Å². The van der Waals surface area contributed by atoms with E-state index in [1.165, 1.54) is 0 Å². The highest BCUT2D eigenvalue weighted by molar-refractivity contribution is 5.79. The van der Waals surface area contributed by atoms with Gasteiger partial charge in [-0.2, -0.15) is 8.78 Å². The van der Waals surface area contributed by atoms with Gasteiger partial charge < -0.3 is 10.1 Å². The van der Waals surface area contributed by atoms with Crippen molar-refractivity contribution in [3.05, 3.63) is 0 Å². The third kappa shape index (κ3) is 3.26. The molecule has 13 heavy (non-hydrogen) atoms. The van der Waals surface area contributed by atoms with Crippen LogP contribution in [0.2, 0.25) is 0 Å². The molecule has 76 valence electrons. The third-order valence-corrected chi connectivity index (χ3v) is 2.02. The van der Waals surface area contributed by atoms with Crippen molar-refractivity contribution in [2.24, 2.45) is 0 Å². The second-order valence-corrected chi connectivity index (χ2v) is 3.19. The molecule has 2 atom stereocenters. The van der Waals surface area contributed by atoms with Gasteiger partial charge in [0.25, 0.3) is 5.91 Å². The Labute approximate surface area is 75.4 Å². The molecule has 1 aliphatic rings. The van der Waals surface area contributed by atoms with Crippen molar-refractivity contribution in [1.82, 2.24) is 5.32 Å². The molecule has 0 aromatic carbocycles. The molecule has 5 heteroatoms. The van der Waals surface area contributed by atoms with Crippen LogP contribution in [0.1, 0.15) is 19.8 Å². The number of rotatable bonds is 3. The van der Waals surface area contributed by atoms with Crippen molar-refractivity contribution in [3.8, 4) is 0 Å². The van der Waals surface area contributed by atoms with Crippen LogP contribution in [0.5, 0.6) is 0 Å². The molecule has 1 amide bonds. The summed E-state index contributed by atoms with van der Waals surface area (Å²) in [6.07, 6.45) is -1.11. The Morgan fingerprint density at radius 1 is 1.62 bits per heavy atom. The molecule has 1 heterocycles. The number of hydrogen-bond acceptors (Lipinski definition) is 2. The first-order chi connectivity index (χ1) is 6.09. The van der Waals surface area contributed by atoms with Crippen molar-refractivity contribution >= 4 is 5.91 Å². The van der Waals surface area contributed by atoms with Gasteiger partial charge in [0.1, 0.15) is 0 Å². The van der Waals surface area contributed by atoms with Crippen LogP contribution in [-0.2, 0) is 9.53 Å². The van der Waals surface area contributed by atoms with Crippen LogP contribution in [0.4, 0.5) is 8.78 Å². The standard InChI is InChI=1S/C8H13F2NO2/c1-5-2-3-6(13-5)4-11-8(12)7(9)10/h5-7H,2-4H2,1H3,(H,11,12). The lowest BCUT2D eigenvalue weighted by atomic mass is 10.2. The summed E-state index contributed by atoms with van der Waals surface area (Å²) >= 11 is 0. The summed E-state index contributed by atoms with van der Waals surface area (Å²) in [5.74, 6) is -1.22. The molecule has 0 bridgehead atoms. The van der Waals surface area contributed by atoms with Gasteiger partial charge in [-0.1, -0.05) is 0 Å². The van der Waals surface area contributed by atoms with Crippen molar-refractivity contribution in [2.45, 2.75) is 38.4 Å². The van der Waals surface area contributed by atoms with Gasteiger partial charge in [-0.15, -0.1) is 0 Å². The van der Waals surface area contributed by atoms with Crippen molar-refractivity contribution in [2.75, 3.05) is 6.54 Å². The number of halogens is 2. The molecule has 1 fully saturated rings. The van der Waals surface area contributed by atoms with E-state index in [1.54, 1.807) is 0 Å². The summed E-state index contributed by atoms with van der Waals surface area (Å²) in [6.45, 7) is 2.11. The minimum absolute atomic E-state index is 0.0994. The van der Waals surface area contributed by atoms with Gasteiger partial charge in [0.2, 0.25) is 0 Å². The predicted octanol–water partition coefficient (Wildman–Crippen LogP) is 0.935. The first-order valence-electron chi connectivity index (χ1n) is 4.31. The summed E-state index contributed by atoms with van der Waals surface area (Å²) < 4.78 is 28.8. The number of carbonyl (C=O) groups is 1. The summed E-state index contributed by atoms with van der Waals surface area (Å²) in [5, 5.41) is 2.13. The second-order valence-electron chi connectivity index (χ2n) is 3.19. The zero-order valence-electron chi connectivity index (χ0n) is 7.43. The molecule has 1 N–H and O–H groups in total. The lowest BCUT2D eigenvalue weighted by molar-refractivity contribution is -0.132. The van der Waals surface area contributed by atoms with E-state index < -0.39 is 12.3 Å². The molecule has 0 radical (unpaired) electrons. The van der Waals surface area contributed by atoms with E-state index in [0.29, 0.717) is 0 Å². The highest BCUT2D eigenvalue weighted by Crippen LogP contribution is 2.18. The zero-order chi connectivity index (χ0) is 9.84. The first-order valence-corrected chi connectivity index (χ1v) is 4.31. The van der Waals surface area contributed by atoms with E-state index in [9.17, 15) is 13.6 Å². The van der Waals surface area contributed by atoms with Gasteiger partial charge in [-0.3, -0.25) is 4.79 Å². The number of carbonyl (C=O) groups excluding carboxylic acids is 1. The topological polar surface area (TPSA) is 38.3 Å². The predicted molar refractivity (Wildman–Crippen MR) is 42.6 cm³/mol. The third-order valence-electron chi connectivity index (χ3n) is 2.02. The first kappa shape index (κ1) is 10.4. The maximum Gasteiger partial charge on any atom is 0.315 e. The van der Waals surface area contributed by atoms with Gasteiger partial charge in [-0.25, -0.2) is 0 Å². The average Bonchev–Trinajstić information content (AvgIpc) is 2.47. The van der Waals surface area contributed by atoms with Gasteiger partial charge in [-0.05, 0) is 19.8 Å². The molecule has 0 saturated carbocycles. The Morgan fingerprint density at radius 2 is 2.31 bits per heavy atom. The van der Waals surface area contributed by atoms with Crippen LogP contribution in [0, 0.1) is 0 Å².